The molecule has 0 saturated carbocycles. The first-order valence-electron chi connectivity index (χ1n) is 4.87. The van der Waals surface area contributed by atoms with Gasteiger partial charge in [0.05, 0.1) is 5.56 Å². The molecule has 0 spiro atoms. The Hall–Kier alpha value is -1.32. The molecule has 2 aromatic carbocycles. The van der Waals surface area contributed by atoms with Crippen molar-refractivity contribution in [2.45, 2.75) is 0 Å². The lowest BCUT2D eigenvalue weighted by Gasteiger charge is -2.07. The summed E-state index contributed by atoms with van der Waals surface area (Å²) in [5.74, 6) is -0.942. The Labute approximate surface area is 112 Å². The Morgan fingerprint density at radius 1 is 1.12 bits per heavy atom. The molecule has 17 heavy (non-hydrogen) atoms. The zero-order valence-corrected chi connectivity index (χ0v) is 11.0. The highest BCUT2D eigenvalue weighted by Gasteiger charge is 2.11. The number of halogens is 2. The van der Waals surface area contributed by atoms with Crippen LogP contribution in [0.4, 0.5) is 0 Å². The Kier molecular flexibility index (Phi) is 3.50. The minimum atomic E-state index is -0.942. The number of benzene rings is 2. The Morgan fingerprint density at radius 2 is 1.76 bits per heavy atom. The van der Waals surface area contributed by atoms with Crippen molar-refractivity contribution in [3.8, 4) is 11.1 Å². The maximum atomic E-state index is 11.1. The summed E-state index contributed by atoms with van der Waals surface area (Å²) in [7, 11) is 0. The van der Waals surface area contributed by atoms with Crippen molar-refractivity contribution < 1.29 is 9.90 Å². The number of carboxylic acid groups (broad SMARTS) is 1. The molecule has 4 heteroatoms. The average molecular weight is 312 g/mol. The summed E-state index contributed by atoms with van der Waals surface area (Å²) in [6, 6.07) is 12.2. The molecule has 2 rings (SSSR count). The molecular formula is C13H8BrClO2. The molecule has 1 N–H and O–H groups in total. The van der Waals surface area contributed by atoms with Crippen LogP contribution in [0.3, 0.4) is 0 Å². The van der Waals surface area contributed by atoms with Gasteiger partial charge in [-0.2, -0.15) is 0 Å². The molecule has 0 heterocycles. The topological polar surface area (TPSA) is 37.3 Å². The first-order valence-corrected chi connectivity index (χ1v) is 6.04. The van der Waals surface area contributed by atoms with E-state index in [1.165, 1.54) is 0 Å². The molecule has 2 nitrogen and oxygen atoms in total. The van der Waals surface area contributed by atoms with Crippen LogP contribution in [-0.2, 0) is 0 Å². The van der Waals surface area contributed by atoms with E-state index < -0.39 is 5.97 Å². The largest absolute Gasteiger partial charge is 0.478 e. The summed E-state index contributed by atoms with van der Waals surface area (Å²) < 4.78 is 0.840. The van der Waals surface area contributed by atoms with Crippen molar-refractivity contribution in [1.29, 1.82) is 0 Å². The second kappa shape index (κ2) is 4.90. The molecule has 0 amide bonds. The van der Waals surface area contributed by atoms with E-state index in [4.69, 9.17) is 16.7 Å². The summed E-state index contributed by atoms with van der Waals surface area (Å²) >= 11 is 9.15. The zero-order valence-electron chi connectivity index (χ0n) is 8.65. The molecule has 0 atom stereocenters. The molecule has 0 aliphatic carbocycles. The lowest BCUT2D eigenvalue weighted by Crippen LogP contribution is -1.99. The number of hydrogen-bond acceptors (Lipinski definition) is 1. The predicted molar refractivity (Wildman–Crippen MR) is 71.5 cm³/mol. The van der Waals surface area contributed by atoms with Crippen molar-refractivity contribution in [3.05, 3.63) is 57.5 Å². The van der Waals surface area contributed by atoms with E-state index >= 15 is 0 Å². The molecule has 86 valence electrons. The first-order chi connectivity index (χ1) is 8.08. The normalized spacial score (nSPS) is 10.2. The van der Waals surface area contributed by atoms with E-state index in [0.717, 1.165) is 10.0 Å². The Balaban J connectivity index is 2.60. The van der Waals surface area contributed by atoms with Crippen molar-refractivity contribution >= 4 is 33.5 Å². The third-order valence-electron chi connectivity index (χ3n) is 2.37. The van der Waals surface area contributed by atoms with E-state index in [2.05, 4.69) is 15.9 Å². The lowest BCUT2D eigenvalue weighted by atomic mass is 10.00. The summed E-state index contributed by atoms with van der Waals surface area (Å²) in [4.78, 5) is 11.1. The smallest absolute Gasteiger partial charge is 0.336 e. The van der Waals surface area contributed by atoms with Gasteiger partial charge in [0, 0.05) is 9.50 Å². The summed E-state index contributed by atoms with van der Waals surface area (Å²) in [6.45, 7) is 0. The van der Waals surface area contributed by atoms with Crippen LogP contribution >= 0.6 is 27.5 Å². The van der Waals surface area contributed by atoms with Gasteiger partial charge in [-0.3, -0.25) is 0 Å². The van der Waals surface area contributed by atoms with Gasteiger partial charge in [-0.25, -0.2) is 4.79 Å². The highest BCUT2D eigenvalue weighted by atomic mass is 79.9. The van der Waals surface area contributed by atoms with Gasteiger partial charge in [0.2, 0.25) is 0 Å². The van der Waals surface area contributed by atoms with Crippen LogP contribution in [0, 0.1) is 0 Å². The lowest BCUT2D eigenvalue weighted by molar-refractivity contribution is 0.0697. The van der Waals surface area contributed by atoms with Gasteiger partial charge >= 0.3 is 5.97 Å². The third-order valence-corrected chi connectivity index (χ3v) is 3.11. The van der Waals surface area contributed by atoms with Crippen molar-refractivity contribution in [1.82, 2.24) is 0 Å². The molecule has 0 saturated heterocycles. The van der Waals surface area contributed by atoms with Gasteiger partial charge in [0.15, 0.2) is 0 Å². The molecule has 0 aliphatic rings. The SMILES string of the molecule is O=C(O)c1ccc(Br)cc1-c1ccc(Cl)cc1. The van der Waals surface area contributed by atoms with Gasteiger partial charge in [0.25, 0.3) is 0 Å². The maximum Gasteiger partial charge on any atom is 0.336 e. The minimum Gasteiger partial charge on any atom is -0.478 e. The number of carboxylic acids is 1. The first kappa shape index (κ1) is 12.1. The van der Waals surface area contributed by atoms with Crippen molar-refractivity contribution in [2.24, 2.45) is 0 Å². The van der Waals surface area contributed by atoms with Gasteiger partial charge in [-0.1, -0.05) is 39.7 Å². The van der Waals surface area contributed by atoms with Crippen molar-refractivity contribution in [2.75, 3.05) is 0 Å². The van der Waals surface area contributed by atoms with Crippen LogP contribution in [0.25, 0.3) is 11.1 Å². The quantitative estimate of drug-likeness (QED) is 0.888. The highest BCUT2D eigenvalue weighted by Crippen LogP contribution is 2.28. The fraction of sp³-hybridized carbons (Fsp3) is 0. The molecule has 0 aliphatic heterocycles. The Bertz CT molecular complexity index is 564. The third kappa shape index (κ3) is 2.68. The van der Waals surface area contributed by atoms with Crippen LogP contribution in [0.5, 0.6) is 0 Å². The predicted octanol–water partition coefficient (Wildman–Crippen LogP) is 4.47. The van der Waals surface area contributed by atoms with Crippen LogP contribution in [-0.4, -0.2) is 11.1 Å². The van der Waals surface area contributed by atoms with Gasteiger partial charge in [-0.15, -0.1) is 0 Å². The fourth-order valence-electron chi connectivity index (χ4n) is 1.57. The van der Waals surface area contributed by atoms with Crippen LogP contribution in [0.2, 0.25) is 5.02 Å². The molecule has 2 aromatic rings. The molecule has 0 unspecified atom stereocenters. The summed E-state index contributed by atoms with van der Waals surface area (Å²) in [5, 5.41) is 9.76. The second-order valence-corrected chi connectivity index (χ2v) is 4.85. The Morgan fingerprint density at radius 3 is 2.35 bits per heavy atom. The number of aromatic carboxylic acids is 1. The maximum absolute atomic E-state index is 11.1. The van der Waals surface area contributed by atoms with E-state index in [0.29, 0.717) is 10.6 Å². The summed E-state index contributed by atoms with van der Waals surface area (Å²) in [5.41, 5.74) is 1.77. The molecule has 0 radical (unpaired) electrons. The van der Waals surface area contributed by atoms with E-state index in [1.807, 2.05) is 0 Å². The fourth-order valence-corrected chi connectivity index (χ4v) is 2.06. The van der Waals surface area contributed by atoms with Gasteiger partial charge < -0.3 is 5.11 Å². The zero-order chi connectivity index (χ0) is 12.4. The van der Waals surface area contributed by atoms with Crippen LogP contribution in [0.15, 0.2) is 46.9 Å². The van der Waals surface area contributed by atoms with Crippen molar-refractivity contribution in [3.63, 3.8) is 0 Å². The summed E-state index contributed by atoms with van der Waals surface area (Å²) in [6.07, 6.45) is 0. The second-order valence-electron chi connectivity index (χ2n) is 3.50. The average Bonchev–Trinajstić information content (AvgIpc) is 2.29. The van der Waals surface area contributed by atoms with E-state index in [-0.39, 0.29) is 5.56 Å². The van der Waals surface area contributed by atoms with Crippen LogP contribution < -0.4 is 0 Å². The van der Waals surface area contributed by atoms with E-state index in [1.54, 1.807) is 42.5 Å². The van der Waals surface area contributed by atoms with Gasteiger partial charge in [0.1, 0.15) is 0 Å². The molecular weight excluding hydrogens is 303 g/mol. The van der Waals surface area contributed by atoms with Crippen LogP contribution in [0.1, 0.15) is 10.4 Å². The number of hydrogen-bond donors (Lipinski definition) is 1. The number of rotatable bonds is 2. The molecule has 0 fully saturated rings. The van der Waals surface area contributed by atoms with Gasteiger partial charge in [-0.05, 0) is 41.5 Å². The molecule has 0 aromatic heterocycles. The number of carbonyl (C=O) groups is 1. The minimum absolute atomic E-state index is 0.274. The van der Waals surface area contributed by atoms with E-state index in [9.17, 15) is 4.79 Å². The monoisotopic (exact) mass is 310 g/mol. The molecule has 0 bridgehead atoms. The standard InChI is InChI=1S/C13H8BrClO2/c14-9-3-6-11(13(16)17)12(7-9)8-1-4-10(15)5-2-8/h1-7H,(H,16,17). The highest BCUT2D eigenvalue weighted by molar-refractivity contribution is 9.10.